The second-order valence-corrected chi connectivity index (χ2v) is 7.69. The van der Waals surface area contributed by atoms with Gasteiger partial charge in [0.1, 0.15) is 11.5 Å². The molecule has 1 aliphatic rings. The van der Waals surface area contributed by atoms with Gasteiger partial charge in [-0.1, -0.05) is 65.7 Å². The Kier molecular flexibility index (Phi) is 6.49. The van der Waals surface area contributed by atoms with E-state index >= 15 is 0 Å². The highest BCUT2D eigenvalue weighted by Crippen LogP contribution is 2.37. The van der Waals surface area contributed by atoms with Crippen molar-refractivity contribution >= 4 is 41.0 Å². The number of esters is 1. The third-order valence-corrected chi connectivity index (χ3v) is 5.60. The largest absolute Gasteiger partial charge is 0.474 e. The molecule has 0 bridgehead atoms. The zero-order chi connectivity index (χ0) is 22.7. The Balaban J connectivity index is 1.61. The molecule has 0 saturated heterocycles. The summed E-state index contributed by atoms with van der Waals surface area (Å²) in [5.74, 6) is 0.0133. The number of benzene rings is 3. The molecular weight excluding hydrogens is 451 g/mol. The minimum absolute atomic E-state index is 0.117. The van der Waals surface area contributed by atoms with Gasteiger partial charge < -0.3 is 14.2 Å². The number of hydrogen-bond donors (Lipinski definition) is 0. The van der Waals surface area contributed by atoms with E-state index in [1.807, 2.05) is 18.2 Å². The topological polar surface area (TPSA) is 61.8 Å². The lowest BCUT2D eigenvalue weighted by atomic mass is 10.1. The van der Waals surface area contributed by atoms with Gasteiger partial charge in [-0.25, -0.2) is 4.79 Å². The first-order chi connectivity index (χ1) is 15.5. The number of ether oxygens (including phenoxy) is 3. The van der Waals surface area contributed by atoms with Gasteiger partial charge in [0.15, 0.2) is 5.76 Å². The van der Waals surface area contributed by atoms with Crippen LogP contribution in [-0.4, -0.2) is 18.4 Å². The van der Waals surface area contributed by atoms with Crippen LogP contribution in [0.15, 0.2) is 72.5 Å². The molecule has 0 radical (unpaired) electrons. The first-order valence-corrected chi connectivity index (χ1v) is 10.6. The summed E-state index contributed by atoms with van der Waals surface area (Å²) in [6, 6.07) is 19.0. The molecule has 1 aliphatic heterocycles. The van der Waals surface area contributed by atoms with Gasteiger partial charge in [-0.2, -0.15) is 0 Å². The molecule has 0 saturated carbocycles. The quantitative estimate of drug-likeness (QED) is 0.314. The SMILES string of the molecule is CCOC(=O)C(Oc1ccc2c(c1)O/C(=C\c1cccc(Cl)c1Cl)C2=O)c1ccccc1. The van der Waals surface area contributed by atoms with Crippen LogP contribution in [0.3, 0.4) is 0 Å². The molecule has 32 heavy (non-hydrogen) atoms. The molecule has 0 aromatic heterocycles. The molecule has 7 heteroatoms. The van der Waals surface area contributed by atoms with Crippen molar-refractivity contribution < 1.29 is 23.8 Å². The van der Waals surface area contributed by atoms with Crippen molar-refractivity contribution in [2.75, 3.05) is 6.61 Å². The maximum Gasteiger partial charge on any atom is 0.352 e. The molecule has 0 aliphatic carbocycles. The third-order valence-electron chi connectivity index (χ3n) is 4.77. The summed E-state index contributed by atoms with van der Waals surface area (Å²) in [7, 11) is 0. The number of hydrogen-bond acceptors (Lipinski definition) is 5. The number of halogens is 2. The molecule has 1 atom stereocenters. The molecule has 162 valence electrons. The molecule has 3 aromatic carbocycles. The molecule has 1 heterocycles. The summed E-state index contributed by atoms with van der Waals surface area (Å²) in [6.07, 6.45) is 0.592. The first-order valence-electron chi connectivity index (χ1n) is 9.88. The van der Waals surface area contributed by atoms with Crippen LogP contribution in [0.5, 0.6) is 11.5 Å². The van der Waals surface area contributed by atoms with Crippen LogP contribution in [0.2, 0.25) is 10.0 Å². The Morgan fingerprint density at radius 2 is 1.84 bits per heavy atom. The number of Topliss-reactive ketones (excluding diaryl/α,β-unsaturated/α-hetero) is 1. The van der Waals surface area contributed by atoms with E-state index in [-0.39, 0.29) is 18.1 Å². The Hall–Kier alpha value is -3.28. The van der Waals surface area contributed by atoms with Crippen molar-refractivity contribution in [1.82, 2.24) is 0 Å². The van der Waals surface area contributed by atoms with Crippen LogP contribution < -0.4 is 9.47 Å². The Morgan fingerprint density at radius 3 is 2.59 bits per heavy atom. The van der Waals surface area contributed by atoms with Gasteiger partial charge in [-0.3, -0.25) is 4.79 Å². The highest BCUT2D eigenvalue weighted by molar-refractivity contribution is 6.43. The fourth-order valence-corrected chi connectivity index (χ4v) is 3.61. The minimum atomic E-state index is -0.952. The van der Waals surface area contributed by atoms with Gasteiger partial charge in [0.25, 0.3) is 0 Å². The van der Waals surface area contributed by atoms with E-state index in [9.17, 15) is 9.59 Å². The summed E-state index contributed by atoms with van der Waals surface area (Å²) in [5, 5.41) is 0.712. The summed E-state index contributed by atoms with van der Waals surface area (Å²) in [6.45, 7) is 1.96. The van der Waals surface area contributed by atoms with Crippen molar-refractivity contribution in [3.8, 4) is 11.5 Å². The second kappa shape index (κ2) is 9.47. The predicted octanol–water partition coefficient (Wildman–Crippen LogP) is 6.29. The van der Waals surface area contributed by atoms with E-state index in [4.69, 9.17) is 37.4 Å². The van der Waals surface area contributed by atoms with Crippen molar-refractivity contribution in [1.29, 1.82) is 0 Å². The van der Waals surface area contributed by atoms with Crippen LogP contribution in [0.25, 0.3) is 6.08 Å². The van der Waals surface area contributed by atoms with Crippen molar-refractivity contribution in [2.45, 2.75) is 13.0 Å². The average molecular weight is 469 g/mol. The standard InChI is InChI=1S/C25H18Cl2O5/c1-2-30-25(29)24(15-7-4-3-5-8-15)31-17-11-12-18-20(14-17)32-21(23(18)28)13-16-9-6-10-19(26)22(16)27/h3-14,24H,2H2,1H3/b21-13-. The molecule has 0 fully saturated rings. The Labute approximate surface area is 195 Å². The lowest BCUT2D eigenvalue weighted by Gasteiger charge is -2.18. The summed E-state index contributed by atoms with van der Waals surface area (Å²) >= 11 is 12.3. The molecule has 1 unspecified atom stereocenters. The molecule has 3 aromatic rings. The lowest BCUT2D eigenvalue weighted by Crippen LogP contribution is -2.21. The number of allylic oxidation sites excluding steroid dienone is 1. The van der Waals surface area contributed by atoms with E-state index in [0.29, 0.717) is 38.2 Å². The van der Waals surface area contributed by atoms with E-state index < -0.39 is 12.1 Å². The minimum Gasteiger partial charge on any atom is -0.474 e. The van der Waals surface area contributed by atoms with Gasteiger partial charge in [-0.05, 0) is 36.8 Å². The normalized spacial score (nSPS) is 14.6. The summed E-state index contributed by atoms with van der Waals surface area (Å²) < 4.78 is 16.9. The van der Waals surface area contributed by atoms with Crippen LogP contribution in [-0.2, 0) is 9.53 Å². The fourth-order valence-electron chi connectivity index (χ4n) is 3.25. The molecular formula is C25H18Cl2O5. The molecule has 4 rings (SSSR count). The predicted molar refractivity (Wildman–Crippen MR) is 122 cm³/mol. The van der Waals surface area contributed by atoms with Crippen LogP contribution in [0.1, 0.15) is 34.5 Å². The molecule has 5 nitrogen and oxygen atoms in total. The Morgan fingerprint density at radius 1 is 1.06 bits per heavy atom. The van der Waals surface area contributed by atoms with Crippen molar-refractivity contribution in [3.63, 3.8) is 0 Å². The van der Waals surface area contributed by atoms with E-state index in [1.165, 1.54) is 0 Å². The number of fused-ring (bicyclic) bond motifs is 1. The highest BCUT2D eigenvalue weighted by atomic mass is 35.5. The summed E-state index contributed by atoms with van der Waals surface area (Å²) in [5.41, 5.74) is 1.60. The van der Waals surface area contributed by atoms with Crippen molar-refractivity contribution in [2.24, 2.45) is 0 Å². The highest BCUT2D eigenvalue weighted by Gasteiger charge is 2.30. The van der Waals surface area contributed by atoms with E-state index in [0.717, 1.165) is 0 Å². The lowest BCUT2D eigenvalue weighted by molar-refractivity contribution is -0.151. The number of carbonyl (C=O) groups is 2. The fraction of sp³-hybridized carbons (Fsp3) is 0.120. The molecule has 0 amide bonds. The van der Waals surface area contributed by atoms with E-state index in [2.05, 4.69) is 0 Å². The van der Waals surface area contributed by atoms with E-state index in [1.54, 1.807) is 61.5 Å². The zero-order valence-electron chi connectivity index (χ0n) is 17.0. The monoisotopic (exact) mass is 468 g/mol. The van der Waals surface area contributed by atoms with Crippen LogP contribution in [0.4, 0.5) is 0 Å². The van der Waals surface area contributed by atoms with Crippen molar-refractivity contribution in [3.05, 3.63) is 99.2 Å². The maximum atomic E-state index is 12.8. The van der Waals surface area contributed by atoms with Gasteiger partial charge in [0, 0.05) is 11.6 Å². The number of rotatable bonds is 6. The summed E-state index contributed by atoms with van der Waals surface area (Å²) in [4.78, 5) is 25.2. The van der Waals surface area contributed by atoms with Gasteiger partial charge in [-0.15, -0.1) is 0 Å². The Bertz CT molecular complexity index is 1200. The van der Waals surface area contributed by atoms with Gasteiger partial charge in [0.2, 0.25) is 11.9 Å². The molecule has 0 spiro atoms. The second-order valence-electron chi connectivity index (χ2n) is 6.90. The number of ketones is 1. The first kappa shape index (κ1) is 21.9. The zero-order valence-corrected chi connectivity index (χ0v) is 18.5. The maximum absolute atomic E-state index is 12.8. The van der Waals surface area contributed by atoms with Gasteiger partial charge in [0.05, 0.1) is 22.2 Å². The smallest absolute Gasteiger partial charge is 0.352 e. The van der Waals surface area contributed by atoms with Crippen LogP contribution >= 0.6 is 23.2 Å². The number of carbonyl (C=O) groups excluding carboxylic acids is 2. The molecule has 0 N–H and O–H groups in total. The van der Waals surface area contributed by atoms with Crippen LogP contribution in [0, 0.1) is 0 Å². The van der Waals surface area contributed by atoms with Gasteiger partial charge >= 0.3 is 5.97 Å². The average Bonchev–Trinajstić information content (AvgIpc) is 3.10. The third kappa shape index (κ3) is 4.49.